The van der Waals surface area contributed by atoms with E-state index in [9.17, 15) is 9.50 Å². The van der Waals surface area contributed by atoms with Crippen LogP contribution in [0.3, 0.4) is 0 Å². The average Bonchev–Trinajstić information content (AvgIpc) is 2.54. The number of rotatable bonds is 5. The zero-order valence-corrected chi connectivity index (χ0v) is 13.6. The molecule has 0 aliphatic rings. The number of guanidine groups is 1. The number of benzene rings is 2. The van der Waals surface area contributed by atoms with Crippen molar-refractivity contribution in [2.75, 3.05) is 13.6 Å². The first-order valence-electron chi connectivity index (χ1n) is 7.25. The fourth-order valence-corrected chi connectivity index (χ4v) is 2.30. The number of hydrogen-bond donors (Lipinski definition) is 3. The highest BCUT2D eigenvalue weighted by Gasteiger charge is 2.03. The number of aromatic hydroxyl groups is 1. The Bertz CT molecular complexity index is 691. The Morgan fingerprint density at radius 1 is 1.17 bits per heavy atom. The third kappa shape index (κ3) is 5.45. The van der Waals surface area contributed by atoms with Gasteiger partial charge in [-0.1, -0.05) is 29.8 Å². The van der Waals surface area contributed by atoms with Crippen LogP contribution in [0.2, 0.25) is 5.02 Å². The smallest absolute Gasteiger partial charge is 0.191 e. The normalized spacial score (nSPS) is 11.3. The molecule has 0 aliphatic carbocycles. The van der Waals surface area contributed by atoms with Gasteiger partial charge in [-0.15, -0.1) is 0 Å². The van der Waals surface area contributed by atoms with Crippen molar-refractivity contribution in [3.63, 3.8) is 0 Å². The molecule has 2 rings (SSSR count). The number of nitrogens with zero attached hydrogens (tertiary/aromatic N) is 1. The molecular weight excluding hydrogens is 317 g/mol. The Morgan fingerprint density at radius 3 is 2.70 bits per heavy atom. The first-order valence-corrected chi connectivity index (χ1v) is 7.62. The number of halogens is 2. The third-order valence-electron chi connectivity index (χ3n) is 3.29. The standard InChI is InChI=1S/C17H19ClFN3O/c1-20-17(21-8-7-12-3-2-4-14(18)9-12)22-11-13-5-6-16(23)15(19)10-13/h2-6,9-10,23H,7-8,11H2,1H3,(H2,20,21,22). The van der Waals surface area contributed by atoms with Crippen LogP contribution >= 0.6 is 11.6 Å². The van der Waals surface area contributed by atoms with Gasteiger partial charge in [0.1, 0.15) is 0 Å². The summed E-state index contributed by atoms with van der Waals surface area (Å²) in [6.45, 7) is 1.11. The predicted octanol–water partition coefficient (Wildman–Crippen LogP) is 3.09. The molecule has 6 heteroatoms. The molecule has 23 heavy (non-hydrogen) atoms. The van der Waals surface area contributed by atoms with Gasteiger partial charge in [-0.25, -0.2) is 4.39 Å². The van der Waals surface area contributed by atoms with Gasteiger partial charge in [-0.05, 0) is 41.8 Å². The molecule has 0 heterocycles. The van der Waals surface area contributed by atoms with E-state index in [-0.39, 0.29) is 5.75 Å². The predicted molar refractivity (Wildman–Crippen MR) is 91.4 cm³/mol. The van der Waals surface area contributed by atoms with Crippen molar-refractivity contribution < 1.29 is 9.50 Å². The fraction of sp³-hybridized carbons (Fsp3) is 0.235. The number of nitrogens with one attached hydrogen (secondary N) is 2. The molecule has 0 saturated carbocycles. The van der Waals surface area contributed by atoms with Crippen LogP contribution in [0.1, 0.15) is 11.1 Å². The topological polar surface area (TPSA) is 56.7 Å². The summed E-state index contributed by atoms with van der Waals surface area (Å²) in [6.07, 6.45) is 0.815. The Morgan fingerprint density at radius 2 is 2.00 bits per heavy atom. The van der Waals surface area contributed by atoms with E-state index < -0.39 is 5.82 Å². The Kier molecular flexibility index (Phi) is 6.23. The molecule has 4 nitrogen and oxygen atoms in total. The van der Waals surface area contributed by atoms with E-state index in [0.29, 0.717) is 19.0 Å². The highest BCUT2D eigenvalue weighted by Crippen LogP contribution is 2.15. The number of aliphatic imine (C=N–C) groups is 1. The van der Waals surface area contributed by atoms with Crippen molar-refractivity contribution in [3.8, 4) is 5.75 Å². The Hall–Kier alpha value is -2.27. The quantitative estimate of drug-likeness (QED) is 0.581. The van der Waals surface area contributed by atoms with E-state index in [1.54, 1.807) is 13.1 Å². The lowest BCUT2D eigenvalue weighted by Crippen LogP contribution is -2.37. The molecule has 0 saturated heterocycles. The van der Waals surface area contributed by atoms with Crippen molar-refractivity contribution in [2.45, 2.75) is 13.0 Å². The zero-order valence-electron chi connectivity index (χ0n) is 12.8. The first kappa shape index (κ1) is 17.1. The van der Waals surface area contributed by atoms with Gasteiger partial charge in [0.05, 0.1) is 0 Å². The average molecular weight is 336 g/mol. The van der Waals surface area contributed by atoms with Crippen molar-refractivity contribution in [3.05, 3.63) is 64.4 Å². The van der Waals surface area contributed by atoms with Gasteiger partial charge < -0.3 is 15.7 Å². The van der Waals surface area contributed by atoms with Crippen LogP contribution in [0.15, 0.2) is 47.5 Å². The minimum atomic E-state index is -0.631. The van der Waals surface area contributed by atoms with E-state index in [4.69, 9.17) is 11.6 Å². The maximum Gasteiger partial charge on any atom is 0.191 e. The lowest BCUT2D eigenvalue weighted by molar-refractivity contribution is 0.431. The molecule has 0 amide bonds. The van der Waals surface area contributed by atoms with E-state index in [1.807, 2.05) is 24.3 Å². The highest BCUT2D eigenvalue weighted by atomic mass is 35.5. The number of phenolic OH excluding ortho intramolecular Hbond substituents is 1. The van der Waals surface area contributed by atoms with Crippen LogP contribution in [-0.4, -0.2) is 24.7 Å². The summed E-state index contributed by atoms with van der Waals surface area (Å²) >= 11 is 5.95. The molecule has 0 radical (unpaired) electrons. The minimum Gasteiger partial charge on any atom is -0.505 e. The van der Waals surface area contributed by atoms with Crippen LogP contribution < -0.4 is 10.6 Å². The van der Waals surface area contributed by atoms with Crippen LogP contribution in [0.25, 0.3) is 0 Å². The monoisotopic (exact) mass is 335 g/mol. The zero-order chi connectivity index (χ0) is 16.7. The van der Waals surface area contributed by atoms with E-state index in [2.05, 4.69) is 15.6 Å². The van der Waals surface area contributed by atoms with Gasteiger partial charge in [0, 0.05) is 25.2 Å². The number of phenols is 1. The molecule has 0 aromatic heterocycles. The molecule has 0 unspecified atom stereocenters. The van der Waals surface area contributed by atoms with Crippen molar-refractivity contribution in [1.82, 2.24) is 10.6 Å². The van der Waals surface area contributed by atoms with Crippen molar-refractivity contribution >= 4 is 17.6 Å². The van der Waals surface area contributed by atoms with E-state index in [0.717, 1.165) is 22.6 Å². The molecule has 2 aromatic rings. The Labute approximate surface area is 140 Å². The molecule has 2 aromatic carbocycles. The molecule has 3 N–H and O–H groups in total. The van der Waals surface area contributed by atoms with Crippen LogP contribution in [0, 0.1) is 5.82 Å². The molecule has 0 spiro atoms. The van der Waals surface area contributed by atoms with Crippen LogP contribution in [0.4, 0.5) is 4.39 Å². The SMILES string of the molecule is CN=C(NCCc1cccc(Cl)c1)NCc1ccc(O)c(F)c1. The summed E-state index contributed by atoms with van der Waals surface area (Å²) < 4.78 is 13.3. The molecule has 0 fully saturated rings. The van der Waals surface area contributed by atoms with Gasteiger partial charge in [-0.2, -0.15) is 0 Å². The maximum atomic E-state index is 13.3. The van der Waals surface area contributed by atoms with Gasteiger partial charge >= 0.3 is 0 Å². The largest absolute Gasteiger partial charge is 0.505 e. The molecular formula is C17H19ClFN3O. The fourth-order valence-electron chi connectivity index (χ4n) is 2.08. The molecule has 0 bridgehead atoms. The van der Waals surface area contributed by atoms with Gasteiger partial charge in [0.15, 0.2) is 17.5 Å². The summed E-state index contributed by atoms with van der Waals surface area (Å²) in [5, 5.41) is 16.2. The van der Waals surface area contributed by atoms with E-state index in [1.165, 1.54) is 12.1 Å². The maximum absolute atomic E-state index is 13.3. The minimum absolute atomic E-state index is 0.349. The second-order valence-corrected chi connectivity index (χ2v) is 5.45. The highest BCUT2D eigenvalue weighted by molar-refractivity contribution is 6.30. The van der Waals surface area contributed by atoms with Crippen molar-refractivity contribution in [2.24, 2.45) is 4.99 Å². The van der Waals surface area contributed by atoms with Crippen molar-refractivity contribution in [1.29, 1.82) is 0 Å². The molecule has 122 valence electrons. The summed E-state index contributed by atoms with van der Waals surface area (Å²) in [5.74, 6) is -0.355. The molecule has 0 atom stereocenters. The second-order valence-electron chi connectivity index (χ2n) is 5.02. The van der Waals surface area contributed by atoms with Crippen LogP contribution in [-0.2, 0) is 13.0 Å². The van der Waals surface area contributed by atoms with Crippen LogP contribution in [0.5, 0.6) is 5.75 Å². The summed E-state index contributed by atoms with van der Waals surface area (Å²) in [6, 6.07) is 12.0. The lowest BCUT2D eigenvalue weighted by Gasteiger charge is -2.12. The second kappa shape index (κ2) is 8.39. The van der Waals surface area contributed by atoms with Gasteiger partial charge in [-0.3, -0.25) is 4.99 Å². The van der Waals surface area contributed by atoms with E-state index >= 15 is 0 Å². The number of hydrogen-bond acceptors (Lipinski definition) is 2. The molecule has 0 aliphatic heterocycles. The summed E-state index contributed by atoms with van der Waals surface area (Å²) in [5.41, 5.74) is 1.86. The third-order valence-corrected chi connectivity index (χ3v) is 3.53. The van der Waals surface area contributed by atoms with Gasteiger partial charge in [0.25, 0.3) is 0 Å². The lowest BCUT2D eigenvalue weighted by atomic mass is 10.1. The van der Waals surface area contributed by atoms with Gasteiger partial charge in [0.2, 0.25) is 0 Å². The first-order chi connectivity index (χ1) is 11.1. The Balaban J connectivity index is 1.80. The summed E-state index contributed by atoms with van der Waals surface area (Å²) in [7, 11) is 1.67. The summed E-state index contributed by atoms with van der Waals surface area (Å²) in [4.78, 5) is 4.12.